The molecule has 0 radical (unpaired) electrons. The first-order valence-electron chi connectivity index (χ1n) is 5.51. The fraction of sp³-hybridized carbons (Fsp3) is 0.143. The van der Waals surface area contributed by atoms with Crippen LogP contribution in [-0.2, 0) is 0 Å². The molecule has 4 nitrogen and oxygen atoms in total. The molecule has 2 rings (SSSR count). The van der Waals surface area contributed by atoms with Gasteiger partial charge < -0.3 is 10.1 Å². The third kappa shape index (κ3) is 2.41. The average Bonchev–Trinajstić information content (AvgIpc) is 2.41. The lowest BCUT2D eigenvalue weighted by Crippen LogP contribution is -1.98. The van der Waals surface area contributed by atoms with Crippen LogP contribution >= 0.6 is 0 Å². The van der Waals surface area contributed by atoms with Crippen molar-refractivity contribution >= 4 is 11.5 Å². The van der Waals surface area contributed by atoms with Gasteiger partial charge >= 0.3 is 0 Å². The first kappa shape index (κ1) is 11.9. The highest BCUT2D eigenvalue weighted by molar-refractivity contribution is 5.65. The molecule has 2 aromatic rings. The Morgan fingerprint density at radius 2 is 2.17 bits per heavy atom. The number of nitrogens with zero attached hydrogens (tertiary/aromatic N) is 2. The molecule has 0 saturated heterocycles. The van der Waals surface area contributed by atoms with Crippen molar-refractivity contribution in [3.05, 3.63) is 47.7 Å². The van der Waals surface area contributed by atoms with Crippen molar-refractivity contribution in [1.82, 2.24) is 4.98 Å². The van der Waals surface area contributed by atoms with Crippen LogP contribution in [0.3, 0.4) is 0 Å². The van der Waals surface area contributed by atoms with Crippen LogP contribution in [0.2, 0.25) is 0 Å². The Hall–Kier alpha value is -2.54. The van der Waals surface area contributed by atoms with Crippen LogP contribution in [0.5, 0.6) is 5.75 Å². The Kier molecular flexibility index (Phi) is 3.44. The molecule has 0 bridgehead atoms. The second-order valence-corrected chi connectivity index (χ2v) is 3.82. The fourth-order valence-corrected chi connectivity index (χ4v) is 1.63. The van der Waals surface area contributed by atoms with Gasteiger partial charge in [-0.25, -0.2) is 4.98 Å². The van der Waals surface area contributed by atoms with E-state index < -0.39 is 0 Å². The van der Waals surface area contributed by atoms with Gasteiger partial charge in [-0.3, -0.25) is 0 Å². The molecule has 90 valence electrons. The van der Waals surface area contributed by atoms with E-state index in [0.29, 0.717) is 11.4 Å². The van der Waals surface area contributed by atoms with E-state index in [1.54, 1.807) is 25.4 Å². The van der Waals surface area contributed by atoms with E-state index in [1.165, 1.54) is 0 Å². The minimum Gasteiger partial charge on any atom is -0.497 e. The maximum absolute atomic E-state index is 9.00. The molecule has 0 amide bonds. The third-order valence-corrected chi connectivity index (χ3v) is 2.61. The van der Waals surface area contributed by atoms with Crippen LogP contribution in [0.15, 0.2) is 36.5 Å². The number of anilines is 2. The van der Waals surface area contributed by atoms with Gasteiger partial charge in [-0.1, -0.05) is 0 Å². The van der Waals surface area contributed by atoms with E-state index in [-0.39, 0.29) is 0 Å². The van der Waals surface area contributed by atoms with Gasteiger partial charge in [0.1, 0.15) is 17.6 Å². The molecule has 1 N–H and O–H groups in total. The average molecular weight is 239 g/mol. The van der Waals surface area contributed by atoms with Crippen LogP contribution in [0, 0.1) is 18.3 Å². The van der Waals surface area contributed by atoms with Gasteiger partial charge in [0.05, 0.1) is 12.7 Å². The van der Waals surface area contributed by atoms with Crippen molar-refractivity contribution in [2.24, 2.45) is 0 Å². The van der Waals surface area contributed by atoms with E-state index in [2.05, 4.69) is 16.4 Å². The highest BCUT2D eigenvalue weighted by Crippen LogP contribution is 2.24. The number of rotatable bonds is 3. The molecular formula is C14H13N3O. The van der Waals surface area contributed by atoms with Crippen molar-refractivity contribution in [3.8, 4) is 11.8 Å². The molecule has 1 aromatic carbocycles. The van der Waals surface area contributed by atoms with Crippen LogP contribution in [0.25, 0.3) is 0 Å². The molecule has 0 aliphatic rings. The van der Waals surface area contributed by atoms with Crippen LogP contribution in [0.4, 0.5) is 11.5 Å². The Morgan fingerprint density at radius 1 is 1.33 bits per heavy atom. The second-order valence-electron chi connectivity index (χ2n) is 3.82. The molecule has 0 atom stereocenters. The predicted octanol–water partition coefficient (Wildman–Crippen LogP) is 3.01. The number of hydrogen-bond donors (Lipinski definition) is 1. The lowest BCUT2D eigenvalue weighted by atomic mass is 10.2. The molecule has 0 aliphatic heterocycles. The Morgan fingerprint density at radius 3 is 2.83 bits per heavy atom. The van der Waals surface area contributed by atoms with E-state index in [1.807, 2.05) is 25.1 Å². The minimum atomic E-state index is 0.521. The van der Waals surface area contributed by atoms with Crippen LogP contribution < -0.4 is 10.1 Å². The molecule has 1 heterocycles. The first-order valence-corrected chi connectivity index (χ1v) is 5.51. The monoisotopic (exact) mass is 239 g/mol. The summed E-state index contributed by atoms with van der Waals surface area (Å²) in [7, 11) is 1.63. The number of hydrogen-bond acceptors (Lipinski definition) is 4. The topological polar surface area (TPSA) is 57.9 Å². The standard InChI is InChI=1S/C14H13N3O/c1-10-8-12(18-2)5-6-13(10)17-14-11(9-15)4-3-7-16-14/h3-8H,1-2H3,(H,16,17). The summed E-state index contributed by atoms with van der Waals surface area (Å²) in [4.78, 5) is 4.16. The molecule has 0 spiro atoms. The van der Waals surface area contributed by atoms with E-state index in [9.17, 15) is 0 Å². The maximum Gasteiger partial charge on any atom is 0.148 e. The summed E-state index contributed by atoms with van der Waals surface area (Å²) >= 11 is 0. The summed E-state index contributed by atoms with van der Waals surface area (Å²) < 4.78 is 5.15. The second kappa shape index (κ2) is 5.19. The van der Waals surface area contributed by atoms with Crippen LogP contribution in [0.1, 0.15) is 11.1 Å². The molecule has 1 aromatic heterocycles. The minimum absolute atomic E-state index is 0.521. The zero-order chi connectivity index (χ0) is 13.0. The summed E-state index contributed by atoms with van der Waals surface area (Å²) in [6, 6.07) is 11.3. The zero-order valence-corrected chi connectivity index (χ0v) is 10.3. The van der Waals surface area contributed by atoms with E-state index in [0.717, 1.165) is 17.0 Å². The summed E-state index contributed by atoms with van der Waals surface area (Å²) in [5.41, 5.74) is 2.46. The summed E-state index contributed by atoms with van der Waals surface area (Å²) in [5.74, 6) is 1.37. The Labute approximate surface area is 106 Å². The number of nitrogens with one attached hydrogen (secondary N) is 1. The SMILES string of the molecule is COc1ccc(Nc2ncccc2C#N)c(C)c1. The largest absolute Gasteiger partial charge is 0.497 e. The number of aryl methyl sites for hydroxylation is 1. The smallest absolute Gasteiger partial charge is 0.148 e. The van der Waals surface area contributed by atoms with Gasteiger partial charge in [0, 0.05) is 11.9 Å². The summed E-state index contributed by atoms with van der Waals surface area (Å²) in [5, 5.41) is 12.2. The number of methoxy groups -OCH3 is 1. The maximum atomic E-state index is 9.00. The quantitative estimate of drug-likeness (QED) is 0.894. The Bertz CT molecular complexity index is 602. The number of ether oxygens (including phenoxy) is 1. The summed E-state index contributed by atoms with van der Waals surface area (Å²) in [6.45, 7) is 1.97. The molecule has 0 fully saturated rings. The lowest BCUT2D eigenvalue weighted by molar-refractivity contribution is 0.414. The van der Waals surface area contributed by atoms with Crippen molar-refractivity contribution in [2.75, 3.05) is 12.4 Å². The lowest BCUT2D eigenvalue weighted by Gasteiger charge is -2.11. The highest BCUT2D eigenvalue weighted by atomic mass is 16.5. The number of nitriles is 1. The van der Waals surface area contributed by atoms with Gasteiger partial charge in [-0.05, 0) is 42.8 Å². The zero-order valence-electron chi connectivity index (χ0n) is 10.3. The fourth-order valence-electron chi connectivity index (χ4n) is 1.63. The highest BCUT2D eigenvalue weighted by Gasteiger charge is 2.05. The van der Waals surface area contributed by atoms with Gasteiger partial charge in [0.2, 0.25) is 0 Å². The number of aromatic nitrogens is 1. The van der Waals surface area contributed by atoms with Gasteiger partial charge in [-0.15, -0.1) is 0 Å². The molecule has 0 unspecified atom stereocenters. The predicted molar refractivity (Wildman–Crippen MR) is 70.0 cm³/mol. The normalized spacial score (nSPS) is 9.61. The van der Waals surface area contributed by atoms with Crippen molar-refractivity contribution < 1.29 is 4.74 Å². The molecule has 4 heteroatoms. The van der Waals surface area contributed by atoms with Gasteiger partial charge in [-0.2, -0.15) is 5.26 Å². The third-order valence-electron chi connectivity index (χ3n) is 2.61. The van der Waals surface area contributed by atoms with Gasteiger partial charge in [0.15, 0.2) is 0 Å². The Balaban J connectivity index is 2.32. The van der Waals surface area contributed by atoms with Crippen LogP contribution in [-0.4, -0.2) is 12.1 Å². The molecule has 18 heavy (non-hydrogen) atoms. The summed E-state index contributed by atoms with van der Waals surface area (Å²) in [6.07, 6.45) is 1.65. The van der Waals surface area contributed by atoms with E-state index in [4.69, 9.17) is 10.00 Å². The van der Waals surface area contributed by atoms with Gasteiger partial charge in [0.25, 0.3) is 0 Å². The number of pyridine rings is 1. The molecular weight excluding hydrogens is 226 g/mol. The molecule has 0 saturated carbocycles. The van der Waals surface area contributed by atoms with Crippen molar-refractivity contribution in [1.29, 1.82) is 5.26 Å². The van der Waals surface area contributed by atoms with Crippen molar-refractivity contribution in [2.45, 2.75) is 6.92 Å². The molecule has 0 aliphatic carbocycles. The first-order chi connectivity index (χ1) is 8.74. The number of benzene rings is 1. The van der Waals surface area contributed by atoms with Crippen molar-refractivity contribution in [3.63, 3.8) is 0 Å². The van der Waals surface area contributed by atoms with E-state index >= 15 is 0 Å².